The minimum atomic E-state index is -0.663. The molecule has 2 heterocycles. The number of carbonyl (C=O) groups excluding carboxylic acids is 1. The van der Waals surface area contributed by atoms with E-state index in [1.807, 2.05) is 25.1 Å². The summed E-state index contributed by atoms with van der Waals surface area (Å²) in [5, 5.41) is 11.3. The quantitative estimate of drug-likeness (QED) is 0.132. The molecule has 1 aliphatic heterocycles. The lowest BCUT2D eigenvalue weighted by Crippen LogP contribution is -2.21. The maximum Gasteiger partial charge on any atom is 0.379 e. The molecule has 0 spiro atoms. The van der Waals surface area contributed by atoms with Crippen molar-refractivity contribution in [3.05, 3.63) is 93.0 Å². The number of carbonyl (C=O) groups is 1. The lowest BCUT2D eigenvalue weighted by molar-refractivity contribution is 0.0702. The number of ether oxygens (including phenoxy) is 4. The van der Waals surface area contributed by atoms with Crippen LogP contribution in [0.5, 0.6) is 23.0 Å². The monoisotopic (exact) mass is 572 g/mol. The van der Waals surface area contributed by atoms with Crippen molar-refractivity contribution in [3.63, 3.8) is 0 Å². The summed E-state index contributed by atoms with van der Waals surface area (Å²) in [6.45, 7) is 6.31. The molecule has 1 aliphatic rings. The van der Waals surface area contributed by atoms with Crippen LogP contribution in [0, 0.1) is 25.2 Å². The molecular weight excluding hydrogens is 544 g/mol. The van der Waals surface area contributed by atoms with Gasteiger partial charge in [-0.25, -0.2) is 4.79 Å². The van der Waals surface area contributed by atoms with Gasteiger partial charge in [0.25, 0.3) is 0 Å². The molecule has 3 aromatic carbocycles. The molecule has 0 fully saturated rings. The van der Waals surface area contributed by atoms with Crippen molar-refractivity contribution in [3.8, 4) is 29.1 Å². The van der Waals surface area contributed by atoms with E-state index in [0.717, 1.165) is 29.4 Å². The van der Waals surface area contributed by atoms with Crippen molar-refractivity contribution in [1.29, 1.82) is 5.26 Å². The van der Waals surface area contributed by atoms with Gasteiger partial charge in [0, 0.05) is 27.6 Å². The fourth-order valence-electron chi connectivity index (χ4n) is 4.84. The zero-order valence-corrected chi connectivity index (χ0v) is 23.9. The van der Waals surface area contributed by atoms with Gasteiger partial charge in [-0.05, 0) is 61.7 Å². The molecule has 4 aromatic rings. The number of furan rings is 1. The molecule has 1 aromatic heterocycles. The van der Waals surface area contributed by atoms with Crippen LogP contribution in [0.4, 0.5) is 0 Å². The third kappa shape index (κ3) is 5.29. The summed E-state index contributed by atoms with van der Waals surface area (Å²) in [6, 6.07) is 16.2. The van der Waals surface area contributed by atoms with E-state index < -0.39 is 11.9 Å². The number of nitrogens with zero attached hydrogens (tertiary/aromatic N) is 1. The van der Waals surface area contributed by atoms with Crippen molar-refractivity contribution in [1.82, 2.24) is 0 Å². The number of allylic oxidation sites excluding steroid dienone is 1. The standard InChI is InChI=1S/C32H29ClN2O6/c1-5-6-11-38-25-10-7-19(13-28(25)37-4)29-21-9-8-20(14-27(21)41-31(35)23(29)16-34)39-32(36)30-18(3)22-15-24(33)17(2)12-26(22)40-30/h7-10,12-15,29H,5-6,11,35H2,1-4H3. The zero-order valence-electron chi connectivity index (χ0n) is 23.2. The van der Waals surface area contributed by atoms with Crippen LogP contribution in [0.3, 0.4) is 0 Å². The molecule has 0 saturated heterocycles. The molecule has 8 nitrogen and oxygen atoms in total. The predicted molar refractivity (Wildman–Crippen MR) is 155 cm³/mol. The Labute approximate surface area is 242 Å². The highest BCUT2D eigenvalue weighted by molar-refractivity contribution is 6.32. The van der Waals surface area contributed by atoms with Gasteiger partial charge in [0.15, 0.2) is 11.5 Å². The average Bonchev–Trinajstić information content (AvgIpc) is 3.27. The fraction of sp³-hybridized carbons (Fsp3) is 0.250. The van der Waals surface area contributed by atoms with E-state index in [9.17, 15) is 10.1 Å². The molecule has 0 amide bonds. The molecule has 9 heteroatoms. The van der Waals surface area contributed by atoms with Gasteiger partial charge >= 0.3 is 5.97 Å². The van der Waals surface area contributed by atoms with Crippen molar-refractivity contribution in [2.45, 2.75) is 39.5 Å². The number of unbranched alkanes of at least 4 members (excludes halogenated alkanes) is 1. The third-order valence-electron chi connectivity index (χ3n) is 7.08. The van der Waals surface area contributed by atoms with Crippen molar-refractivity contribution < 1.29 is 28.2 Å². The molecule has 0 aliphatic carbocycles. The first-order valence-corrected chi connectivity index (χ1v) is 13.6. The lowest BCUT2D eigenvalue weighted by atomic mass is 9.83. The summed E-state index contributed by atoms with van der Waals surface area (Å²) in [5.74, 6) is 0.615. The summed E-state index contributed by atoms with van der Waals surface area (Å²) in [7, 11) is 1.57. The van der Waals surface area contributed by atoms with E-state index in [-0.39, 0.29) is 23.0 Å². The van der Waals surface area contributed by atoms with Gasteiger partial charge in [-0.2, -0.15) is 5.26 Å². The second-order valence-corrected chi connectivity index (χ2v) is 10.2. The van der Waals surface area contributed by atoms with E-state index in [1.165, 1.54) is 0 Å². The highest BCUT2D eigenvalue weighted by Crippen LogP contribution is 2.45. The average molecular weight is 573 g/mol. The normalized spacial score (nSPS) is 14.3. The third-order valence-corrected chi connectivity index (χ3v) is 7.49. The minimum Gasteiger partial charge on any atom is -0.493 e. The largest absolute Gasteiger partial charge is 0.493 e. The number of halogens is 1. The molecular formula is C32H29ClN2O6. The number of aryl methyl sites for hydroxylation is 2. The second kappa shape index (κ2) is 11.5. The molecule has 0 radical (unpaired) electrons. The zero-order chi connectivity index (χ0) is 29.3. The molecule has 0 saturated carbocycles. The number of nitrogens with two attached hydrogens (primary N) is 1. The Kier molecular flexibility index (Phi) is 7.82. The SMILES string of the molecule is CCCCOc1ccc(C2C(C#N)=C(N)Oc3cc(OC(=O)c4oc5cc(C)c(Cl)cc5c4C)ccc32)cc1OC. The van der Waals surface area contributed by atoms with Crippen LogP contribution < -0.4 is 24.7 Å². The van der Waals surface area contributed by atoms with Gasteiger partial charge in [0.2, 0.25) is 11.6 Å². The maximum atomic E-state index is 13.1. The minimum absolute atomic E-state index is 0.0314. The molecule has 1 unspecified atom stereocenters. The Hall–Kier alpha value is -4.61. The number of benzene rings is 3. The summed E-state index contributed by atoms with van der Waals surface area (Å²) in [6.07, 6.45) is 1.94. The lowest BCUT2D eigenvalue weighted by Gasteiger charge is -2.27. The van der Waals surface area contributed by atoms with E-state index >= 15 is 0 Å². The van der Waals surface area contributed by atoms with Gasteiger partial charge in [-0.3, -0.25) is 0 Å². The van der Waals surface area contributed by atoms with Crippen molar-refractivity contribution in [2.24, 2.45) is 5.73 Å². The van der Waals surface area contributed by atoms with Crippen LogP contribution in [0.15, 0.2) is 64.4 Å². The van der Waals surface area contributed by atoms with Crippen molar-refractivity contribution in [2.75, 3.05) is 13.7 Å². The fourth-order valence-corrected chi connectivity index (χ4v) is 5.00. The Morgan fingerprint density at radius 1 is 1.12 bits per heavy atom. The Morgan fingerprint density at radius 3 is 2.66 bits per heavy atom. The number of hydrogen-bond acceptors (Lipinski definition) is 8. The number of methoxy groups -OCH3 is 1. The van der Waals surface area contributed by atoms with Crippen molar-refractivity contribution >= 4 is 28.5 Å². The van der Waals surface area contributed by atoms with Gasteiger partial charge in [0.1, 0.15) is 28.7 Å². The van der Waals surface area contributed by atoms with E-state index in [1.54, 1.807) is 44.4 Å². The van der Waals surface area contributed by atoms with Crippen LogP contribution in [0.1, 0.15) is 58.5 Å². The topological polar surface area (TPSA) is 117 Å². The van der Waals surface area contributed by atoms with Crippen LogP contribution in [-0.2, 0) is 0 Å². The molecule has 1 atom stereocenters. The molecule has 0 bridgehead atoms. The smallest absolute Gasteiger partial charge is 0.379 e. The molecule has 210 valence electrons. The summed E-state index contributed by atoms with van der Waals surface area (Å²) in [5.41, 5.74) is 9.92. The van der Waals surface area contributed by atoms with Gasteiger partial charge in [-0.15, -0.1) is 0 Å². The molecule has 5 rings (SSSR count). The Balaban J connectivity index is 1.46. The number of nitriles is 1. The Bertz CT molecular complexity index is 1730. The van der Waals surface area contributed by atoms with E-state index in [2.05, 4.69) is 13.0 Å². The van der Waals surface area contributed by atoms with E-state index in [4.69, 9.17) is 40.7 Å². The Morgan fingerprint density at radius 2 is 1.93 bits per heavy atom. The number of fused-ring (bicyclic) bond motifs is 2. The number of esters is 1. The van der Waals surface area contributed by atoms with Gasteiger partial charge in [-0.1, -0.05) is 37.1 Å². The second-order valence-electron chi connectivity index (χ2n) is 9.78. The van der Waals surface area contributed by atoms with Gasteiger partial charge < -0.3 is 29.1 Å². The highest BCUT2D eigenvalue weighted by atomic mass is 35.5. The highest BCUT2D eigenvalue weighted by Gasteiger charge is 2.32. The van der Waals surface area contributed by atoms with E-state index in [0.29, 0.717) is 45.6 Å². The van der Waals surface area contributed by atoms with Crippen LogP contribution >= 0.6 is 11.6 Å². The first kappa shape index (κ1) is 27.9. The number of hydrogen-bond donors (Lipinski definition) is 1. The van der Waals surface area contributed by atoms with Crippen LogP contribution in [-0.4, -0.2) is 19.7 Å². The number of rotatable bonds is 8. The predicted octanol–water partition coefficient (Wildman–Crippen LogP) is 7.33. The first-order valence-electron chi connectivity index (χ1n) is 13.2. The maximum absolute atomic E-state index is 13.1. The van der Waals surface area contributed by atoms with Crippen LogP contribution in [0.25, 0.3) is 11.0 Å². The summed E-state index contributed by atoms with van der Waals surface area (Å²) < 4.78 is 28.7. The first-order chi connectivity index (χ1) is 19.7. The summed E-state index contributed by atoms with van der Waals surface area (Å²) >= 11 is 6.27. The summed E-state index contributed by atoms with van der Waals surface area (Å²) in [4.78, 5) is 13.1. The molecule has 41 heavy (non-hydrogen) atoms. The van der Waals surface area contributed by atoms with Crippen LogP contribution in [0.2, 0.25) is 5.02 Å². The molecule has 2 N–H and O–H groups in total. The van der Waals surface area contributed by atoms with Gasteiger partial charge in [0.05, 0.1) is 19.6 Å².